The van der Waals surface area contributed by atoms with E-state index < -0.39 is 10.0 Å². The first-order chi connectivity index (χ1) is 14.3. The van der Waals surface area contributed by atoms with E-state index in [0.717, 1.165) is 55.2 Å². The number of thiophene rings is 1. The summed E-state index contributed by atoms with van der Waals surface area (Å²) in [5.41, 5.74) is 1.26. The molecule has 2 atom stereocenters. The average Bonchev–Trinajstić information content (AvgIpc) is 3.30. The van der Waals surface area contributed by atoms with Gasteiger partial charge in [-0.2, -0.15) is 0 Å². The van der Waals surface area contributed by atoms with Crippen molar-refractivity contribution in [3.8, 4) is 0 Å². The van der Waals surface area contributed by atoms with Gasteiger partial charge in [0.15, 0.2) is 5.16 Å². The second-order valence-electron chi connectivity index (χ2n) is 8.35. The van der Waals surface area contributed by atoms with Gasteiger partial charge < -0.3 is 4.74 Å². The highest BCUT2D eigenvalue weighted by atomic mass is 32.2. The molecule has 1 saturated heterocycles. The van der Waals surface area contributed by atoms with Crippen LogP contribution in [0.1, 0.15) is 43.0 Å². The van der Waals surface area contributed by atoms with E-state index in [0.29, 0.717) is 36.3 Å². The molecule has 1 aliphatic carbocycles. The van der Waals surface area contributed by atoms with Gasteiger partial charge >= 0.3 is 0 Å². The summed E-state index contributed by atoms with van der Waals surface area (Å²) >= 11 is 3.19. The van der Waals surface area contributed by atoms with Crippen molar-refractivity contribution in [2.45, 2.75) is 63.3 Å². The van der Waals surface area contributed by atoms with Gasteiger partial charge in [-0.3, -0.25) is 9.36 Å². The minimum atomic E-state index is -3.18. The van der Waals surface area contributed by atoms with Crippen LogP contribution in [0.5, 0.6) is 0 Å². The lowest BCUT2D eigenvalue weighted by Gasteiger charge is -2.18. The zero-order valence-electron chi connectivity index (χ0n) is 17.5. The molecule has 0 spiro atoms. The Kier molecular flexibility index (Phi) is 6.88. The number of aryl methyl sites for hydroxylation is 1. The van der Waals surface area contributed by atoms with E-state index in [2.05, 4.69) is 11.6 Å². The number of rotatable bonds is 8. The zero-order valence-corrected chi connectivity index (χ0v) is 19.9. The Hall–Kier alpha value is -0.940. The number of hydrogen-bond acceptors (Lipinski definition) is 7. The summed E-state index contributed by atoms with van der Waals surface area (Å²) in [6, 6.07) is 0. The molecule has 0 amide bonds. The van der Waals surface area contributed by atoms with E-state index in [4.69, 9.17) is 9.72 Å². The molecule has 166 valence electrons. The van der Waals surface area contributed by atoms with Crippen LogP contribution >= 0.6 is 23.1 Å². The van der Waals surface area contributed by atoms with Crippen LogP contribution < -0.4 is 10.3 Å². The second kappa shape index (κ2) is 9.28. The molecule has 7 nitrogen and oxygen atoms in total. The fourth-order valence-corrected chi connectivity index (χ4v) is 7.05. The molecule has 10 heteroatoms. The molecule has 2 unspecified atom stereocenters. The van der Waals surface area contributed by atoms with Gasteiger partial charge in [-0.25, -0.2) is 18.1 Å². The third kappa shape index (κ3) is 5.09. The van der Waals surface area contributed by atoms with Crippen LogP contribution in [0.15, 0.2) is 9.95 Å². The minimum absolute atomic E-state index is 0.0549. The highest BCUT2D eigenvalue weighted by molar-refractivity contribution is 7.99. The fourth-order valence-electron chi connectivity index (χ4n) is 4.16. The van der Waals surface area contributed by atoms with Crippen LogP contribution in [0.25, 0.3) is 10.2 Å². The Bertz CT molecular complexity index is 1070. The molecular formula is C20H29N3O4S3. The van der Waals surface area contributed by atoms with Crippen LogP contribution in [0, 0.1) is 5.92 Å². The predicted octanol–water partition coefficient (Wildman–Crippen LogP) is 2.79. The lowest BCUT2D eigenvalue weighted by atomic mass is 9.89. The van der Waals surface area contributed by atoms with Crippen molar-refractivity contribution < 1.29 is 13.2 Å². The average molecular weight is 472 g/mol. The van der Waals surface area contributed by atoms with Gasteiger partial charge in [0, 0.05) is 23.8 Å². The topological polar surface area (TPSA) is 90.3 Å². The van der Waals surface area contributed by atoms with Crippen molar-refractivity contribution in [2.24, 2.45) is 5.92 Å². The second-order valence-corrected chi connectivity index (χ2v) is 12.3. The van der Waals surface area contributed by atoms with Gasteiger partial charge in [-0.1, -0.05) is 18.7 Å². The van der Waals surface area contributed by atoms with Gasteiger partial charge in [-0.15, -0.1) is 11.3 Å². The monoisotopic (exact) mass is 471 g/mol. The highest BCUT2D eigenvalue weighted by Crippen LogP contribution is 2.36. The molecule has 0 aromatic carbocycles. The van der Waals surface area contributed by atoms with Crippen LogP contribution in [0.2, 0.25) is 0 Å². The summed E-state index contributed by atoms with van der Waals surface area (Å²) in [5, 5.41) is 1.52. The summed E-state index contributed by atoms with van der Waals surface area (Å²) in [6.45, 7) is 3.94. The maximum absolute atomic E-state index is 13.5. The number of ether oxygens (including phenoxy) is 1. The third-order valence-electron chi connectivity index (χ3n) is 5.71. The van der Waals surface area contributed by atoms with Crippen molar-refractivity contribution in [1.82, 2.24) is 14.3 Å². The molecule has 2 aliphatic rings. The smallest absolute Gasteiger partial charge is 0.263 e. The lowest BCUT2D eigenvalue weighted by molar-refractivity contribution is 0.0937. The number of thioether (sulfide) groups is 1. The Morgan fingerprint density at radius 2 is 2.20 bits per heavy atom. The van der Waals surface area contributed by atoms with Gasteiger partial charge in [0.1, 0.15) is 4.83 Å². The van der Waals surface area contributed by atoms with Crippen molar-refractivity contribution in [3.05, 3.63) is 20.8 Å². The maximum Gasteiger partial charge on any atom is 0.263 e. The van der Waals surface area contributed by atoms with Crippen molar-refractivity contribution in [2.75, 3.05) is 25.2 Å². The summed E-state index contributed by atoms with van der Waals surface area (Å²) in [6.07, 6.45) is 6.99. The summed E-state index contributed by atoms with van der Waals surface area (Å²) in [7, 11) is -3.18. The number of hydrogen-bond donors (Lipinski definition) is 1. The Morgan fingerprint density at radius 3 is 2.93 bits per heavy atom. The summed E-state index contributed by atoms with van der Waals surface area (Å²) in [4.78, 5) is 20.6. The number of nitrogens with zero attached hydrogens (tertiary/aromatic N) is 2. The number of fused-ring (bicyclic) bond motifs is 3. The Morgan fingerprint density at radius 1 is 1.37 bits per heavy atom. The van der Waals surface area contributed by atoms with Gasteiger partial charge in [0.2, 0.25) is 10.0 Å². The van der Waals surface area contributed by atoms with Gasteiger partial charge in [0.25, 0.3) is 5.56 Å². The number of aromatic nitrogens is 2. The first-order valence-electron chi connectivity index (χ1n) is 10.6. The summed E-state index contributed by atoms with van der Waals surface area (Å²) < 4.78 is 32.6. The van der Waals surface area contributed by atoms with E-state index in [1.165, 1.54) is 22.2 Å². The maximum atomic E-state index is 13.5. The molecule has 4 rings (SSSR count). The SMILES string of the molecule is CC1CCc2c(sc3nc(SCCCNS(C)(=O)=O)n(CC4CCCO4)c(=O)c23)C1. The first-order valence-corrected chi connectivity index (χ1v) is 14.3. The standard InChI is InChI=1S/C20H29N3O4S3/c1-13-6-7-15-16(11-13)29-18-17(15)19(24)23(12-14-5-3-9-27-14)20(22-18)28-10-4-8-21-30(2,25)26/h13-14,21H,3-12H2,1-2H3. The molecule has 3 heterocycles. The van der Waals surface area contributed by atoms with Gasteiger partial charge in [0.05, 0.1) is 24.3 Å². The van der Waals surface area contributed by atoms with Crippen LogP contribution in [0.3, 0.4) is 0 Å². The molecular weight excluding hydrogens is 442 g/mol. The number of nitrogens with one attached hydrogen (secondary N) is 1. The Balaban J connectivity index is 1.62. The van der Waals surface area contributed by atoms with E-state index in [-0.39, 0.29) is 11.7 Å². The van der Waals surface area contributed by atoms with Crippen LogP contribution in [-0.4, -0.2) is 49.2 Å². The van der Waals surface area contributed by atoms with Crippen LogP contribution in [0.4, 0.5) is 0 Å². The van der Waals surface area contributed by atoms with Gasteiger partial charge in [-0.05, 0) is 50.0 Å². The molecule has 2 aromatic rings. The van der Waals surface area contributed by atoms with Crippen molar-refractivity contribution in [1.29, 1.82) is 0 Å². The van der Waals surface area contributed by atoms with E-state index in [1.807, 2.05) is 0 Å². The summed E-state index contributed by atoms with van der Waals surface area (Å²) in [5.74, 6) is 1.34. The quantitative estimate of drug-likeness (QED) is 0.362. The molecule has 1 fully saturated rings. The molecule has 2 aromatic heterocycles. The molecule has 0 saturated carbocycles. The Labute approximate surface area is 185 Å². The number of sulfonamides is 1. The van der Waals surface area contributed by atoms with E-state index in [9.17, 15) is 13.2 Å². The molecule has 30 heavy (non-hydrogen) atoms. The highest BCUT2D eigenvalue weighted by Gasteiger charge is 2.26. The third-order valence-corrected chi connectivity index (χ3v) is 8.65. The minimum Gasteiger partial charge on any atom is -0.376 e. The molecule has 1 N–H and O–H groups in total. The normalized spacial score (nSPS) is 21.9. The van der Waals surface area contributed by atoms with E-state index >= 15 is 0 Å². The fraction of sp³-hybridized carbons (Fsp3) is 0.700. The predicted molar refractivity (Wildman–Crippen MR) is 122 cm³/mol. The molecule has 1 aliphatic heterocycles. The zero-order chi connectivity index (χ0) is 21.3. The van der Waals surface area contributed by atoms with Crippen molar-refractivity contribution in [3.63, 3.8) is 0 Å². The van der Waals surface area contributed by atoms with Crippen LogP contribution in [-0.2, 0) is 34.1 Å². The molecule has 0 radical (unpaired) electrons. The first kappa shape index (κ1) is 22.3. The largest absolute Gasteiger partial charge is 0.376 e. The van der Waals surface area contributed by atoms with Crippen molar-refractivity contribution >= 4 is 43.3 Å². The van der Waals surface area contributed by atoms with E-state index in [1.54, 1.807) is 15.9 Å². The molecule has 0 bridgehead atoms. The lowest BCUT2D eigenvalue weighted by Crippen LogP contribution is -2.29.